The molecule has 0 bridgehead atoms. The van der Waals surface area contributed by atoms with E-state index in [2.05, 4.69) is 5.32 Å². The van der Waals surface area contributed by atoms with Crippen LogP contribution >= 0.6 is 0 Å². The molecule has 0 aromatic heterocycles. The van der Waals surface area contributed by atoms with E-state index in [1.165, 1.54) is 50.2 Å². The first-order chi connectivity index (χ1) is 23.8. The number of non-ortho nitro benzene ring substituents is 1. The van der Waals surface area contributed by atoms with E-state index in [4.69, 9.17) is 15.2 Å². The molecule has 0 spiro atoms. The number of rotatable bonds is 12. The summed E-state index contributed by atoms with van der Waals surface area (Å²) in [6.45, 7) is 2.26. The number of esters is 2. The molecule has 0 saturated carbocycles. The molecule has 15 nitrogen and oxygen atoms in total. The molecule has 1 atom stereocenters. The van der Waals surface area contributed by atoms with Crippen molar-refractivity contribution in [3.63, 3.8) is 0 Å². The maximum Gasteiger partial charge on any atom is 0.329 e. The highest BCUT2D eigenvalue weighted by Crippen LogP contribution is 2.50. The maximum atomic E-state index is 14.1. The number of anilines is 2. The summed E-state index contributed by atoms with van der Waals surface area (Å²) in [5.74, 6) is -6.69. The molecular weight excluding hydrogens is 652 g/mol. The summed E-state index contributed by atoms with van der Waals surface area (Å²) in [5.41, 5.74) is 1.45. The van der Waals surface area contributed by atoms with Gasteiger partial charge in [-0.15, -0.1) is 0 Å². The number of carbonyl (C=O) groups excluding carboxylic acids is 5. The number of hydrogen-bond donors (Lipinski definition) is 2. The summed E-state index contributed by atoms with van der Waals surface area (Å²) in [6, 6.07) is 17.9. The number of nitrogen functional groups attached to an aromatic ring is 1. The minimum absolute atomic E-state index is 0.0336. The molecule has 0 aliphatic carbocycles. The van der Waals surface area contributed by atoms with Gasteiger partial charge in [0.1, 0.15) is 0 Å². The van der Waals surface area contributed by atoms with Gasteiger partial charge < -0.3 is 20.5 Å². The Morgan fingerprint density at radius 2 is 1.32 bits per heavy atom. The molecule has 4 aromatic carbocycles. The number of carbonyl (C=O) groups is 5. The number of hydrogen-bond acceptors (Lipinski definition) is 12. The van der Waals surface area contributed by atoms with Crippen molar-refractivity contribution >= 4 is 52.2 Å². The molecule has 50 heavy (non-hydrogen) atoms. The lowest BCUT2D eigenvalue weighted by Crippen LogP contribution is -2.53. The van der Waals surface area contributed by atoms with E-state index >= 15 is 0 Å². The zero-order valence-corrected chi connectivity index (χ0v) is 26.5. The van der Waals surface area contributed by atoms with Crippen molar-refractivity contribution in [1.82, 2.24) is 0 Å². The number of nitrogens with one attached hydrogen (secondary N) is 1. The van der Waals surface area contributed by atoms with Gasteiger partial charge >= 0.3 is 11.9 Å². The molecule has 254 valence electrons. The average Bonchev–Trinajstić information content (AvgIpc) is 3.43. The van der Waals surface area contributed by atoms with Crippen molar-refractivity contribution in [2.45, 2.75) is 25.2 Å². The Morgan fingerprint density at radius 1 is 0.760 bits per heavy atom. The monoisotopic (exact) mass is 680 g/mol. The van der Waals surface area contributed by atoms with E-state index in [1.54, 1.807) is 18.2 Å². The third-order valence-electron chi connectivity index (χ3n) is 8.12. The molecule has 1 aliphatic rings. The highest BCUT2D eigenvalue weighted by molar-refractivity contribution is 6.19. The van der Waals surface area contributed by atoms with Crippen LogP contribution < -0.4 is 11.1 Å². The number of nitrogens with two attached hydrogens (primary N) is 1. The van der Waals surface area contributed by atoms with Gasteiger partial charge in [-0.25, -0.2) is 0 Å². The van der Waals surface area contributed by atoms with Crippen LogP contribution in [0.2, 0.25) is 0 Å². The SMILES string of the molecule is CCOC(=O)C(C(=O)OCC)(c1ccc(C(=O)c2cccc([N+](=O)[O-])c2)cc1[N+](=O)[O-])C1C(=O)Nc2cc(C(=O)c3cccc(N)c3)ccc21. The Morgan fingerprint density at radius 3 is 1.90 bits per heavy atom. The second-order valence-corrected chi connectivity index (χ2v) is 11.1. The van der Waals surface area contributed by atoms with Crippen LogP contribution in [0, 0.1) is 20.2 Å². The van der Waals surface area contributed by atoms with Gasteiger partial charge in [-0.1, -0.05) is 42.5 Å². The fraction of sp³-hybridized carbons (Fsp3) is 0.171. The summed E-state index contributed by atoms with van der Waals surface area (Å²) in [4.78, 5) is 91.1. The van der Waals surface area contributed by atoms with Gasteiger partial charge in [0, 0.05) is 51.8 Å². The largest absolute Gasteiger partial charge is 0.465 e. The van der Waals surface area contributed by atoms with Crippen molar-refractivity contribution < 1.29 is 43.3 Å². The molecule has 3 N–H and O–H groups in total. The zero-order chi connectivity index (χ0) is 36.3. The van der Waals surface area contributed by atoms with Crippen LogP contribution in [-0.4, -0.2) is 52.5 Å². The normalized spacial score (nSPS) is 13.5. The first-order valence-electron chi connectivity index (χ1n) is 15.1. The van der Waals surface area contributed by atoms with Crippen LogP contribution in [-0.2, 0) is 29.3 Å². The fourth-order valence-electron chi connectivity index (χ4n) is 5.95. The Balaban J connectivity index is 1.72. The number of nitro groups is 2. The Bertz CT molecular complexity index is 2090. The van der Waals surface area contributed by atoms with Crippen molar-refractivity contribution in [2.75, 3.05) is 24.3 Å². The third kappa shape index (κ3) is 6.03. The molecule has 1 heterocycles. The highest BCUT2D eigenvalue weighted by atomic mass is 16.6. The van der Waals surface area contributed by atoms with Crippen molar-refractivity contribution in [3.05, 3.63) is 139 Å². The smallest absolute Gasteiger partial charge is 0.329 e. The molecule has 5 rings (SSSR count). The summed E-state index contributed by atoms with van der Waals surface area (Å²) >= 11 is 0. The highest BCUT2D eigenvalue weighted by Gasteiger charge is 2.64. The lowest BCUT2D eigenvalue weighted by molar-refractivity contribution is -0.386. The molecule has 1 amide bonds. The Kier molecular flexibility index (Phi) is 9.51. The van der Waals surface area contributed by atoms with E-state index in [0.717, 1.165) is 30.3 Å². The van der Waals surface area contributed by atoms with Gasteiger partial charge in [-0.3, -0.25) is 44.2 Å². The van der Waals surface area contributed by atoms with Gasteiger partial charge in [-0.2, -0.15) is 0 Å². The number of ether oxygens (including phenoxy) is 2. The topological polar surface area (TPSA) is 228 Å². The van der Waals surface area contributed by atoms with E-state index in [1.807, 2.05) is 0 Å². The minimum atomic E-state index is -2.82. The second kappa shape index (κ2) is 13.8. The van der Waals surface area contributed by atoms with Gasteiger partial charge in [0.05, 0.1) is 34.5 Å². The van der Waals surface area contributed by atoms with Gasteiger partial charge in [0.15, 0.2) is 11.6 Å². The number of ketones is 2. The van der Waals surface area contributed by atoms with E-state index < -0.39 is 67.5 Å². The number of nitro benzene ring substituents is 2. The van der Waals surface area contributed by atoms with Gasteiger partial charge in [-0.05, 0) is 43.7 Å². The molecule has 1 unspecified atom stereocenters. The zero-order valence-electron chi connectivity index (χ0n) is 26.5. The van der Waals surface area contributed by atoms with Crippen molar-refractivity contribution in [1.29, 1.82) is 0 Å². The quantitative estimate of drug-likeness (QED) is 0.0520. The lowest BCUT2D eigenvalue weighted by atomic mass is 9.66. The van der Waals surface area contributed by atoms with E-state index in [-0.39, 0.29) is 46.7 Å². The third-order valence-corrected chi connectivity index (χ3v) is 8.12. The predicted molar refractivity (Wildman–Crippen MR) is 177 cm³/mol. The number of nitrogens with zero attached hydrogens (tertiary/aromatic N) is 2. The molecular formula is C35H28N4O11. The molecule has 15 heteroatoms. The van der Waals surface area contributed by atoms with E-state index in [0.29, 0.717) is 5.69 Å². The fourth-order valence-corrected chi connectivity index (χ4v) is 5.95. The minimum Gasteiger partial charge on any atom is -0.465 e. The van der Waals surface area contributed by atoms with Crippen LogP contribution in [0.4, 0.5) is 22.7 Å². The summed E-state index contributed by atoms with van der Waals surface area (Å²) < 4.78 is 10.6. The first-order valence-corrected chi connectivity index (χ1v) is 15.1. The summed E-state index contributed by atoms with van der Waals surface area (Å²) in [5, 5.41) is 26.5. The van der Waals surface area contributed by atoms with Crippen molar-refractivity contribution in [2.24, 2.45) is 0 Å². The van der Waals surface area contributed by atoms with Crippen LogP contribution in [0.25, 0.3) is 0 Å². The van der Waals surface area contributed by atoms with Crippen LogP contribution in [0.1, 0.15) is 62.7 Å². The summed E-state index contributed by atoms with van der Waals surface area (Å²) in [6.07, 6.45) is 0. The standard InChI is InChI=1S/C35H28N4O11/c1-3-49-33(43)35(34(44)50-4-2,26-14-12-22(18-28(26)39(47)48)31(41)20-8-6-10-24(16-20)38(45)46)29-25-13-11-21(17-27(25)37-32(29)42)30(40)19-7-5-9-23(36)15-19/h5-18,29H,3-4,36H2,1-2H3,(H,37,42). The Labute approximate surface area is 283 Å². The van der Waals surface area contributed by atoms with Crippen LogP contribution in [0.15, 0.2) is 84.9 Å². The van der Waals surface area contributed by atoms with Gasteiger partial charge in [0.2, 0.25) is 11.3 Å². The molecule has 0 fully saturated rings. The van der Waals surface area contributed by atoms with Crippen LogP contribution in [0.3, 0.4) is 0 Å². The summed E-state index contributed by atoms with van der Waals surface area (Å²) in [7, 11) is 0. The number of amides is 1. The number of fused-ring (bicyclic) bond motifs is 1. The molecule has 0 saturated heterocycles. The van der Waals surface area contributed by atoms with Crippen LogP contribution in [0.5, 0.6) is 0 Å². The molecule has 1 aliphatic heterocycles. The van der Waals surface area contributed by atoms with Crippen molar-refractivity contribution in [3.8, 4) is 0 Å². The predicted octanol–water partition coefficient (Wildman–Crippen LogP) is 4.65. The number of benzene rings is 4. The maximum absolute atomic E-state index is 14.1. The lowest BCUT2D eigenvalue weighted by Gasteiger charge is -2.33. The second-order valence-electron chi connectivity index (χ2n) is 11.1. The average molecular weight is 681 g/mol. The molecule has 0 radical (unpaired) electrons. The Hall–Kier alpha value is -6.77. The first kappa shape index (κ1) is 34.6. The molecule has 4 aromatic rings. The van der Waals surface area contributed by atoms with Gasteiger partial charge in [0.25, 0.3) is 11.4 Å². The van der Waals surface area contributed by atoms with E-state index in [9.17, 15) is 44.2 Å².